The number of nitrogens with zero attached hydrogens (tertiary/aromatic N) is 1. The molecule has 0 aliphatic rings. The van der Waals surface area contributed by atoms with E-state index in [1.54, 1.807) is 13.2 Å². The fourth-order valence-corrected chi connectivity index (χ4v) is 3.50. The molecule has 0 heterocycles. The second-order valence-corrected chi connectivity index (χ2v) is 8.43. The van der Waals surface area contributed by atoms with Crippen molar-refractivity contribution in [2.24, 2.45) is 4.99 Å². The van der Waals surface area contributed by atoms with E-state index in [0.29, 0.717) is 6.54 Å². The van der Waals surface area contributed by atoms with Crippen molar-refractivity contribution in [1.29, 1.82) is 0 Å². The first-order chi connectivity index (χ1) is 14.0. The van der Waals surface area contributed by atoms with Crippen LogP contribution in [0.2, 0.25) is 0 Å². The van der Waals surface area contributed by atoms with E-state index < -0.39 is 10.0 Å². The first-order valence-corrected chi connectivity index (χ1v) is 11.2. The molecule has 0 fully saturated rings. The zero-order valence-corrected chi connectivity index (χ0v) is 18.1. The van der Waals surface area contributed by atoms with Gasteiger partial charge in [-0.3, -0.25) is 0 Å². The van der Waals surface area contributed by atoms with Gasteiger partial charge in [-0.15, -0.1) is 0 Å². The van der Waals surface area contributed by atoms with Crippen LogP contribution in [-0.2, 0) is 28.7 Å². The largest absolute Gasteiger partial charge is 0.497 e. The zero-order chi connectivity index (χ0) is 21.1. The van der Waals surface area contributed by atoms with E-state index in [1.165, 1.54) is 12.6 Å². The maximum Gasteiger partial charge on any atom is 0.215 e. The predicted molar refractivity (Wildman–Crippen MR) is 118 cm³/mol. The Morgan fingerprint density at radius 2 is 1.76 bits per heavy atom. The molecule has 0 saturated heterocycles. The van der Waals surface area contributed by atoms with Crippen LogP contribution in [0.1, 0.15) is 23.6 Å². The Labute approximate surface area is 173 Å². The molecular weight excluding hydrogens is 388 g/mol. The molecule has 0 bridgehead atoms. The van der Waals surface area contributed by atoms with Crippen LogP contribution in [0.4, 0.5) is 0 Å². The van der Waals surface area contributed by atoms with Gasteiger partial charge in [-0.1, -0.05) is 36.4 Å². The lowest BCUT2D eigenvalue weighted by atomic mass is 10.1. The Kier molecular flexibility index (Phi) is 8.95. The molecule has 0 amide bonds. The molecule has 8 heteroatoms. The van der Waals surface area contributed by atoms with Gasteiger partial charge in [-0.25, -0.2) is 18.1 Å². The highest BCUT2D eigenvalue weighted by Gasteiger charge is 2.08. The average molecular weight is 419 g/mol. The summed E-state index contributed by atoms with van der Waals surface area (Å²) in [5.41, 5.74) is 2.92. The van der Waals surface area contributed by atoms with E-state index in [-0.39, 0.29) is 5.75 Å². The van der Waals surface area contributed by atoms with Gasteiger partial charge in [0.25, 0.3) is 0 Å². The van der Waals surface area contributed by atoms with Gasteiger partial charge in [0.05, 0.1) is 19.4 Å². The lowest BCUT2D eigenvalue weighted by Crippen LogP contribution is -2.38. The maximum absolute atomic E-state index is 11.7. The molecule has 3 N–H and O–H groups in total. The Hall–Kier alpha value is -2.58. The average Bonchev–Trinajstić information content (AvgIpc) is 2.72. The number of guanidine groups is 1. The van der Waals surface area contributed by atoms with Crippen LogP contribution < -0.4 is 20.1 Å². The van der Waals surface area contributed by atoms with Crippen LogP contribution in [-0.4, -0.2) is 41.6 Å². The van der Waals surface area contributed by atoms with Gasteiger partial charge >= 0.3 is 0 Å². The minimum Gasteiger partial charge on any atom is -0.497 e. The molecule has 7 nitrogen and oxygen atoms in total. The molecule has 2 aromatic carbocycles. The van der Waals surface area contributed by atoms with Gasteiger partial charge in [0.15, 0.2) is 5.96 Å². The lowest BCUT2D eigenvalue weighted by molar-refractivity contribution is 0.414. The van der Waals surface area contributed by atoms with Crippen LogP contribution in [0.3, 0.4) is 0 Å². The monoisotopic (exact) mass is 418 g/mol. The molecule has 0 unspecified atom stereocenters. The summed E-state index contributed by atoms with van der Waals surface area (Å²) in [6.07, 6.45) is 0.867. The number of rotatable bonds is 10. The highest BCUT2D eigenvalue weighted by atomic mass is 32.2. The molecule has 2 aromatic rings. The number of benzene rings is 2. The first-order valence-electron chi connectivity index (χ1n) is 9.60. The van der Waals surface area contributed by atoms with Crippen molar-refractivity contribution in [3.63, 3.8) is 0 Å². The van der Waals surface area contributed by atoms with Crippen LogP contribution >= 0.6 is 0 Å². The molecule has 29 heavy (non-hydrogen) atoms. The normalized spacial score (nSPS) is 11.9. The summed E-state index contributed by atoms with van der Waals surface area (Å²) < 4.78 is 31.0. The fraction of sp³-hybridized carbons (Fsp3) is 0.381. The van der Waals surface area contributed by atoms with E-state index in [0.717, 1.165) is 42.3 Å². The van der Waals surface area contributed by atoms with Crippen LogP contribution in [0.25, 0.3) is 0 Å². The van der Waals surface area contributed by atoms with Crippen molar-refractivity contribution < 1.29 is 13.2 Å². The number of nitrogens with one attached hydrogen (secondary N) is 3. The molecule has 2 rings (SSSR count). The summed E-state index contributed by atoms with van der Waals surface area (Å²) in [4.78, 5) is 4.61. The number of ether oxygens (including phenoxy) is 1. The van der Waals surface area contributed by atoms with Gasteiger partial charge in [0, 0.05) is 13.1 Å². The Bertz CT molecular complexity index is 896. The van der Waals surface area contributed by atoms with Crippen molar-refractivity contribution in [3.05, 3.63) is 65.2 Å². The maximum atomic E-state index is 11.7. The van der Waals surface area contributed by atoms with Gasteiger partial charge in [-0.05, 0) is 49.2 Å². The third-order valence-electron chi connectivity index (χ3n) is 4.29. The number of methoxy groups -OCH3 is 1. The van der Waals surface area contributed by atoms with Crippen LogP contribution in [0.5, 0.6) is 5.75 Å². The molecule has 0 aliphatic carbocycles. The van der Waals surface area contributed by atoms with E-state index >= 15 is 0 Å². The quantitative estimate of drug-likeness (QED) is 0.406. The third kappa shape index (κ3) is 8.13. The molecule has 0 aromatic heterocycles. The number of sulfonamides is 1. The second kappa shape index (κ2) is 11.4. The molecule has 0 spiro atoms. The lowest BCUT2D eigenvalue weighted by Gasteiger charge is -2.12. The number of aliphatic imine (C=N–C) groups is 1. The SMILES string of the molecule is CCNC(=NCc1cccc(CS(=O)(=O)NC)c1)NCCc1ccc(OC)cc1. The van der Waals surface area contributed by atoms with Gasteiger partial charge < -0.3 is 15.4 Å². The van der Waals surface area contributed by atoms with Crippen molar-refractivity contribution in [2.45, 2.75) is 25.6 Å². The van der Waals surface area contributed by atoms with E-state index in [4.69, 9.17) is 4.74 Å². The van der Waals surface area contributed by atoms with Crippen molar-refractivity contribution in [2.75, 3.05) is 27.2 Å². The molecule has 0 saturated carbocycles. The van der Waals surface area contributed by atoms with Gasteiger partial charge in [0.2, 0.25) is 10.0 Å². The van der Waals surface area contributed by atoms with Crippen molar-refractivity contribution >= 4 is 16.0 Å². The molecule has 0 atom stereocenters. The molecule has 0 radical (unpaired) electrons. The highest BCUT2D eigenvalue weighted by Crippen LogP contribution is 2.11. The van der Waals surface area contributed by atoms with E-state index in [2.05, 4.69) is 32.5 Å². The standard InChI is InChI=1S/C21H30N4O3S/c1-4-23-21(24-13-12-17-8-10-20(28-3)11-9-17)25-15-18-6-5-7-19(14-18)16-29(26,27)22-2/h5-11,14,22H,4,12-13,15-16H2,1-3H3,(H2,23,24,25). The Morgan fingerprint density at radius 3 is 2.41 bits per heavy atom. The predicted octanol–water partition coefficient (Wildman–Crippen LogP) is 2.04. The van der Waals surface area contributed by atoms with Crippen molar-refractivity contribution in [1.82, 2.24) is 15.4 Å². The second-order valence-electron chi connectivity index (χ2n) is 6.50. The number of hydrogen-bond acceptors (Lipinski definition) is 4. The third-order valence-corrected chi connectivity index (χ3v) is 5.62. The van der Waals surface area contributed by atoms with Gasteiger partial charge in [0.1, 0.15) is 5.75 Å². The molecular formula is C21H30N4O3S. The summed E-state index contributed by atoms with van der Waals surface area (Å²) in [5, 5.41) is 6.56. The Morgan fingerprint density at radius 1 is 1.03 bits per heavy atom. The highest BCUT2D eigenvalue weighted by molar-refractivity contribution is 7.88. The number of hydrogen-bond donors (Lipinski definition) is 3. The molecule has 158 valence electrons. The minimum absolute atomic E-state index is 0.0404. The topological polar surface area (TPSA) is 91.8 Å². The van der Waals surface area contributed by atoms with Crippen LogP contribution in [0, 0.1) is 0 Å². The fourth-order valence-electron chi connectivity index (χ4n) is 2.74. The summed E-state index contributed by atoms with van der Waals surface area (Å²) in [6.45, 7) is 3.99. The van der Waals surface area contributed by atoms with Crippen molar-refractivity contribution in [3.8, 4) is 5.75 Å². The smallest absolute Gasteiger partial charge is 0.215 e. The Balaban J connectivity index is 1.94. The van der Waals surface area contributed by atoms with E-state index in [1.807, 2.05) is 37.3 Å². The van der Waals surface area contributed by atoms with Gasteiger partial charge in [-0.2, -0.15) is 0 Å². The minimum atomic E-state index is -3.29. The van der Waals surface area contributed by atoms with E-state index in [9.17, 15) is 8.42 Å². The van der Waals surface area contributed by atoms with Crippen LogP contribution in [0.15, 0.2) is 53.5 Å². The summed E-state index contributed by atoms with van der Waals surface area (Å²) >= 11 is 0. The summed E-state index contributed by atoms with van der Waals surface area (Å²) in [6, 6.07) is 15.5. The summed E-state index contributed by atoms with van der Waals surface area (Å²) in [5.74, 6) is 1.54. The zero-order valence-electron chi connectivity index (χ0n) is 17.2. The first kappa shape index (κ1) is 22.7. The summed E-state index contributed by atoms with van der Waals surface area (Å²) in [7, 11) is -0.212. The molecule has 0 aliphatic heterocycles.